The number of carbonyl (C=O) groups excluding carboxylic acids is 1. The van der Waals surface area contributed by atoms with Crippen LogP contribution in [0.15, 0.2) is 18.5 Å². The Morgan fingerprint density at radius 2 is 2.32 bits per heavy atom. The van der Waals surface area contributed by atoms with Crippen LogP contribution in [0.3, 0.4) is 0 Å². The molecule has 2 heterocycles. The molecular formula is C12H15N3O3S. The van der Waals surface area contributed by atoms with Gasteiger partial charge in [-0.05, 0) is 29.9 Å². The van der Waals surface area contributed by atoms with Gasteiger partial charge in [0.1, 0.15) is 0 Å². The lowest BCUT2D eigenvalue weighted by molar-refractivity contribution is 0.0696. The van der Waals surface area contributed by atoms with Gasteiger partial charge in [-0.15, -0.1) is 0 Å². The number of anilines is 1. The normalized spacial score (nSPS) is 18.0. The number of hydrogen-bond acceptors (Lipinski definition) is 4. The van der Waals surface area contributed by atoms with Crippen molar-refractivity contribution in [3.8, 4) is 0 Å². The summed E-state index contributed by atoms with van der Waals surface area (Å²) in [7, 11) is 0. The van der Waals surface area contributed by atoms with Crippen LogP contribution < -0.4 is 10.6 Å². The van der Waals surface area contributed by atoms with Crippen LogP contribution in [0.1, 0.15) is 16.8 Å². The number of urea groups is 1. The van der Waals surface area contributed by atoms with E-state index < -0.39 is 5.97 Å². The number of aromatic carboxylic acids is 1. The van der Waals surface area contributed by atoms with E-state index in [1.165, 1.54) is 18.5 Å². The van der Waals surface area contributed by atoms with Crippen LogP contribution in [-0.4, -0.2) is 40.1 Å². The average Bonchev–Trinajstić information content (AvgIpc) is 2.90. The number of carbonyl (C=O) groups is 2. The Morgan fingerprint density at radius 3 is 3.00 bits per heavy atom. The zero-order valence-electron chi connectivity index (χ0n) is 10.3. The van der Waals surface area contributed by atoms with Gasteiger partial charge in [-0.2, -0.15) is 11.8 Å². The Labute approximate surface area is 115 Å². The Kier molecular flexibility index (Phi) is 4.62. The summed E-state index contributed by atoms with van der Waals surface area (Å²) in [5.74, 6) is 1.69. The highest BCUT2D eigenvalue weighted by Crippen LogP contribution is 2.22. The second-order valence-electron chi connectivity index (χ2n) is 4.33. The molecular weight excluding hydrogens is 266 g/mol. The van der Waals surface area contributed by atoms with Gasteiger partial charge in [0.2, 0.25) is 0 Å². The third-order valence-electron chi connectivity index (χ3n) is 2.82. The van der Waals surface area contributed by atoms with Gasteiger partial charge in [0.15, 0.2) is 0 Å². The van der Waals surface area contributed by atoms with E-state index in [0.717, 1.165) is 17.9 Å². The number of rotatable bonds is 4. The predicted octanol–water partition coefficient (Wildman–Crippen LogP) is 1.65. The van der Waals surface area contributed by atoms with Crippen molar-refractivity contribution in [3.05, 3.63) is 24.0 Å². The van der Waals surface area contributed by atoms with Crippen LogP contribution in [-0.2, 0) is 0 Å². The lowest BCUT2D eigenvalue weighted by Gasteiger charge is -2.11. The lowest BCUT2D eigenvalue weighted by atomic mass is 10.1. The van der Waals surface area contributed by atoms with Gasteiger partial charge in [0.05, 0.1) is 17.4 Å². The average molecular weight is 281 g/mol. The predicted molar refractivity (Wildman–Crippen MR) is 73.6 cm³/mol. The van der Waals surface area contributed by atoms with Crippen molar-refractivity contribution < 1.29 is 14.7 Å². The number of carboxylic acid groups (broad SMARTS) is 1. The molecule has 0 saturated carbocycles. The third kappa shape index (κ3) is 4.13. The first-order chi connectivity index (χ1) is 9.15. The summed E-state index contributed by atoms with van der Waals surface area (Å²) in [6.07, 6.45) is 3.78. The summed E-state index contributed by atoms with van der Waals surface area (Å²) in [6, 6.07) is 1.04. The Hall–Kier alpha value is -1.76. The van der Waals surface area contributed by atoms with Crippen molar-refractivity contribution in [1.29, 1.82) is 0 Å². The molecule has 1 unspecified atom stereocenters. The van der Waals surface area contributed by atoms with Crippen molar-refractivity contribution in [2.75, 3.05) is 23.4 Å². The quantitative estimate of drug-likeness (QED) is 0.780. The molecule has 1 aliphatic heterocycles. The first kappa shape index (κ1) is 13.7. The van der Waals surface area contributed by atoms with E-state index in [1.807, 2.05) is 11.8 Å². The number of nitrogens with one attached hydrogen (secondary N) is 2. The molecule has 1 fully saturated rings. The molecule has 2 amide bonds. The number of thioether (sulfide) groups is 1. The van der Waals surface area contributed by atoms with Gasteiger partial charge in [-0.1, -0.05) is 0 Å². The summed E-state index contributed by atoms with van der Waals surface area (Å²) < 4.78 is 0. The monoisotopic (exact) mass is 281 g/mol. The molecule has 2 rings (SSSR count). The molecule has 1 aliphatic rings. The van der Waals surface area contributed by atoms with E-state index in [-0.39, 0.29) is 11.6 Å². The van der Waals surface area contributed by atoms with Crippen LogP contribution in [0.4, 0.5) is 10.5 Å². The Bertz CT molecular complexity index is 475. The van der Waals surface area contributed by atoms with Crippen LogP contribution >= 0.6 is 11.8 Å². The fourth-order valence-corrected chi connectivity index (χ4v) is 3.07. The zero-order chi connectivity index (χ0) is 13.7. The van der Waals surface area contributed by atoms with Crippen molar-refractivity contribution in [1.82, 2.24) is 10.3 Å². The number of amides is 2. The molecule has 6 nitrogen and oxygen atoms in total. The van der Waals surface area contributed by atoms with Crippen molar-refractivity contribution >= 4 is 29.4 Å². The first-order valence-corrected chi connectivity index (χ1v) is 7.11. The molecule has 0 spiro atoms. The largest absolute Gasteiger partial charge is 0.478 e. The van der Waals surface area contributed by atoms with Crippen molar-refractivity contribution in [2.24, 2.45) is 5.92 Å². The molecule has 0 aliphatic carbocycles. The molecule has 7 heteroatoms. The molecule has 1 saturated heterocycles. The van der Waals surface area contributed by atoms with Gasteiger partial charge >= 0.3 is 12.0 Å². The lowest BCUT2D eigenvalue weighted by Crippen LogP contribution is -2.33. The molecule has 1 atom stereocenters. The summed E-state index contributed by atoms with van der Waals surface area (Å²) in [4.78, 5) is 26.2. The van der Waals surface area contributed by atoms with E-state index >= 15 is 0 Å². The molecule has 0 radical (unpaired) electrons. The highest BCUT2D eigenvalue weighted by molar-refractivity contribution is 7.99. The number of hydrogen-bond donors (Lipinski definition) is 3. The van der Waals surface area contributed by atoms with Gasteiger partial charge < -0.3 is 15.7 Å². The topological polar surface area (TPSA) is 91.3 Å². The van der Waals surface area contributed by atoms with E-state index in [9.17, 15) is 9.59 Å². The third-order valence-corrected chi connectivity index (χ3v) is 4.05. The maximum atomic E-state index is 11.6. The highest BCUT2D eigenvalue weighted by atomic mass is 32.2. The summed E-state index contributed by atoms with van der Waals surface area (Å²) >= 11 is 1.90. The van der Waals surface area contributed by atoms with Crippen LogP contribution in [0.25, 0.3) is 0 Å². The maximum absolute atomic E-state index is 11.6. The van der Waals surface area contributed by atoms with E-state index in [0.29, 0.717) is 18.2 Å². The van der Waals surface area contributed by atoms with Crippen LogP contribution in [0, 0.1) is 5.92 Å². The Morgan fingerprint density at radius 1 is 1.47 bits per heavy atom. The molecule has 1 aromatic heterocycles. The van der Waals surface area contributed by atoms with Gasteiger partial charge in [0, 0.05) is 12.7 Å². The van der Waals surface area contributed by atoms with Crippen molar-refractivity contribution in [2.45, 2.75) is 6.42 Å². The number of nitrogens with zero attached hydrogens (tertiary/aromatic N) is 1. The van der Waals surface area contributed by atoms with Gasteiger partial charge in [-0.3, -0.25) is 4.98 Å². The summed E-state index contributed by atoms with van der Waals surface area (Å²) in [5.41, 5.74) is 0.420. The first-order valence-electron chi connectivity index (χ1n) is 5.96. The highest BCUT2D eigenvalue weighted by Gasteiger charge is 2.16. The standard InChI is InChI=1S/C12H15N3O3S/c16-11(17)9-3-10(6-13-5-9)15-12(18)14-4-8-1-2-19-7-8/h3,5-6,8H,1-2,4,7H2,(H,16,17)(H2,14,15,18). The van der Waals surface area contributed by atoms with Crippen LogP contribution in [0.2, 0.25) is 0 Å². The smallest absolute Gasteiger partial charge is 0.337 e. The molecule has 3 N–H and O–H groups in total. The molecule has 0 bridgehead atoms. The van der Waals surface area contributed by atoms with Gasteiger partial charge in [0.25, 0.3) is 0 Å². The minimum Gasteiger partial charge on any atom is -0.478 e. The minimum atomic E-state index is -1.07. The second-order valence-corrected chi connectivity index (χ2v) is 5.48. The molecule has 0 aromatic carbocycles. The molecule has 1 aromatic rings. The molecule has 19 heavy (non-hydrogen) atoms. The Balaban J connectivity index is 1.84. The zero-order valence-corrected chi connectivity index (χ0v) is 11.1. The minimum absolute atomic E-state index is 0.0463. The second kappa shape index (κ2) is 6.42. The molecule has 102 valence electrons. The van der Waals surface area contributed by atoms with E-state index in [2.05, 4.69) is 15.6 Å². The number of carboxylic acids is 1. The fraction of sp³-hybridized carbons (Fsp3) is 0.417. The maximum Gasteiger partial charge on any atom is 0.337 e. The van der Waals surface area contributed by atoms with E-state index in [1.54, 1.807) is 0 Å². The number of aromatic nitrogens is 1. The number of pyridine rings is 1. The summed E-state index contributed by atoms with van der Waals surface area (Å²) in [6.45, 7) is 0.644. The summed E-state index contributed by atoms with van der Waals surface area (Å²) in [5, 5.41) is 14.2. The van der Waals surface area contributed by atoms with Gasteiger partial charge in [-0.25, -0.2) is 9.59 Å². The van der Waals surface area contributed by atoms with E-state index in [4.69, 9.17) is 5.11 Å². The fourth-order valence-electron chi connectivity index (χ4n) is 1.78. The SMILES string of the molecule is O=C(NCC1CCSC1)Nc1cncc(C(=O)O)c1. The van der Waals surface area contributed by atoms with Crippen molar-refractivity contribution in [3.63, 3.8) is 0 Å². The van der Waals surface area contributed by atoms with Crippen LogP contribution in [0.5, 0.6) is 0 Å².